The largest absolute Gasteiger partial charge is 0.337 e. The summed E-state index contributed by atoms with van der Waals surface area (Å²) in [6.07, 6.45) is 0. The molecular weight excluding hydrogens is 308 g/mol. The Kier molecular flexibility index (Phi) is 3.37. The van der Waals surface area contributed by atoms with E-state index in [0.29, 0.717) is 16.4 Å². The number of aryl methyl sites for hydroxylation is 1. The van der Waals surface area contributed by atoms with Crippen molar-refractivity contribution >= 4 is 23.5 Å². The highest BCUT2D eigenvalue weighted by atomic mass is 35.5. The maximum Gasteiger partial charge on any atom is 0.325 e. The van der Waals surface area contributed by atoms with Gasteiger partial charge in [-0.2, -0.15) is 4.98 Å². The molecule has 114 valence electrons. The molecular formula is C14H13ClN4O3. The Bertz CT molecular complexity index is 743. The van der Waals surface area contributed by atoms with Crippen molar-refractivity contribution in [2.24, 2.45) is 0 Å². The minimum Gasteiger partial charge on any atom is -0.337 e. The number of imide groups is 1. The third kappa shape index (κ3) is 2.33. The Balaban J connectivity index is 1.88. The SMILES string of the molecule is Cc1noc(CN2C(=O)NC(C)(c3ccc(Cl)cc3)C2=O)n1. The zero-order valence-electron chi connectivity index (χ0n) is 12.0. The minimum atomic E-state index is -1.14. The van der Waals surface area contributed by atoms with Crippen LogP contribution in [0.1, 0.15) is 24.2 Å². The van der Waals surface area contributed by atoms with Crippen LogP contribution in [-0.4, -0.2) is 27.0 Å². The van der Waals surface area contributed by atoms with Gasteiger partial charge in [0.25, 0.3) is 5.91 Å². The van der Waals surface area contributed by atoms with Crippen LogP contribution in [0.2, 0.25) is 5.02 Å². The van der Waals surface area contributed by atoms with Crippen molar-refractivity contribution in [1.29, 1.82) is 0 Å². The number of benzene rings is 1. The zero-order chi connectivity index (χ0) is 15.9. The van der Waals surface area contributed by atoms with Gasteiger partial charge in [-0.3, -0.25) is 9.69 Å². The number of hydrogen-bond donors (Lipinski definition) is 1. The molecule has 3 amide bonds. The van der Waals surface area contributed by atoms with Gasteiger partial charge in [0.2, 0.25) is 5.89 Å². The van der Waals surface area contributed by atoms with E-state index in [-0.39, 0.29) is 18.3 Å². The van der Waals surface area contributed by atoms with E-state index in [9.17, 15) is 9.59 Å². The monoisotopic (exact) mass is 320 g/mol. The van der Waals surface area contributed by atoms with Crippen LogP contribution in [0.3, 0.4) is 0 Å². The second-order valence-electron chi connectivity index (χ2n) is 5.19. The van der Waals surface area contributed by atoms with Crippen LogP contribution in [0.25, 0.3) is 0 Å². The highest BCUT2D eigenvalue weighted by Gasteiger charge is 2.49. The maximum atomic E-state index is 12.7. The molecule has 1 aliphatic heterocycles. The van der Waals surface area contributed by atoms with E-state index in [1.54, 1.807) is 38.1 Å². The van der Waals surface area contributed by atoms with Gasteiger partial charge < -0.3 is 9.84 Å². The third-order valence-corrected chi connectivity index (χ3v) is 3.81. The molecule has 0 saturated carbocycles. The van der Waals surface area contributed by atoms with Crippen LogP contribution in [0, 0.1) is 6.92 Å². The van der Waals surface area contributed by atoms with Gasteiger partial charge in [-0.15, -0.1) is 0 Å². The van der Waals surface area contributed by atoms with Gasteiger partial charge in [-0.25, -0.2) is 4.79 Å². The smallest absolute Gasteiger partial charge is 0.325 e. The molecule has 22 heavy (non-hydrogen) atoms. The predicted molar refractivity (Wildman–Crippen MR) is 76.9 cm³/mol. The summed E-state index contributed by atoms with van der Waals surface area (Å²) >= 11 is 5.86. The average Bonchev–Trinajstić information content (AvgIpc) is 2.97. The highest BCUT2D eigenvalue weighted by molar-refractivity contribution is 6.30. The van der Waals surface area contributed by atoms with Crippen molar-refractivity contribution in [2.45, 2.75) is 25.9 Å². The van der Waals surface area contributed by atoms with Crippen molar-refractivity contribution in [3.8, 4) is 0 Å². The van der Waals surface area contributed by atoms with Crippen molar-refractivity contribution in [1.82, 2.24) is 20.4 Å². The van der Waals surface area contributed by atoms with Crippen LogP contribution >= 0.6 is 11.6 Å². The van der Waals surface area contributed by atoms with E-state index in [0.717, 1.165) is 4.90 Å². The number of rotatable bonds is 3. The Morgan fingerprint density at radius 3 is 2.59 bits per heavy atom. The number of hydrogen-bond acceptors (Lipinski definition) is 5. The van der Waals surface area contributed by atoms with Crippen LogP contribution in [0.4, 0.5) is 4.79 Å². The molecule has 2 heterocycles. The molecule has 3 rings (SSSR count). The predicted octanol–water partition coefficient (Wildman–Crippen LogP) is 2.00. The van der Waals surface area contributed by atoms with Crippen molar-refractivity contribution < 1.29 is 14.1 Å². The van der Waals surface area contributed by atoms with Gasteiger partial charge in [0, 0.05) is 5.02 Å². The molecule has 8 heteroatoms. The molecule has 1 aromatic heterocycles. The Morgan fingerprint density at radius 2 is 2.00 bits per heavy atom. The molecule has 0 spiro atoms. The Morgan fingerprint density at radius 1 is 1.32 bits per heavy atom. The normalized spacial score (nSPS) is 21.3. The highest BCUT2D eigenvalue weighted by Crippen LogP contribution is 2.30. The Labute approximate surface area is 131 Å². The summed E-state index contributed by atoms with van der Waals surface area (Å²) in [6, 6.07) is 6.26. The first-order valence-electron chi connectivity index (χ1n) is 6.59. The van der Waals surface area contributed by atoms with Crippen LogP contribution in [0.5, 0.6) is 0 Å². The van der Waals surface area contributed by atoms with Gasteiger partial charge in [-0.1, -0.05) is 28.9 Å². The lowest BCUT2D eigenvalue weighted by atomic mass is 9.92. The van der Waals surface area contributed by atoms with E-state index in [2.05, 4.69) is 15.5 Å². The second kappa shape index (κ2) is 5.10. The van der Waals surface area contributed by atoms with Gasteiger partial charge in [0.05, 0.1) is 0 Å². The zero-order valence-corrected chi connectivity index (χ0v) is 12.7. The summed E-state index contributed by atoms with van der Waals surface area (Å²) in [5.41, 5.74) is -0.490. The fourth-order valence-electron chi connectivity index (χ4n) is 2.36. The lowest BCUT2D eigenvalue weighted by molar-refractivity contribution is -0.131. The number of aromatic nitrogens is 2. The molecule has 1 aromatic carbocycles. The molecule has 1 unspecified atom stereocenters. The van der Waals surface area contributed by atoms with Crippen LogP contribution in [-0.2, 0) is 16.9 Å². The molecule has 0 radical (unpaired) electrons. The van der Waals surface area contributed by atoms with Crippen molar-refractivity contribution in [2.75, 3.05) is 0 Å². The van der Waals surface area contributed by atoms with E-state index in [4.69, 9.17) is 16.1 Å². The number of nitrogens with one attached hydrogen (secondary N) is 1. The summed E-state index contributed by atoms with van der Waals surface area (Å²) in [7, 11) is 0. The first-order valence-corrected chi connectivity index (χ1v) is 6.97. The number of amides is 3. The van der Waals surface area contributed by atoms with E-state index in [1.807, 2.05) is 0 Å². The van der Waals surface area contributed by atoms with Crippen LogP contribution < -0.4 is 5.32 Å². The van der Waals surface area contributed by atoms with Gasteiger partial charge in [0.15, 0.2) is 5.82 Å². The average molecular weight is 321 g/mol. The van der Waals surface area contributed by atoms with E-state index in [1.165, 1.54) is 0 Å². The first-order chi connectivity index (χ1) is 10.4. The maximum absolute atomic E-state index is 12.7. The standard InChI is InChI=1S/C14H13ClN4O3/c1-8-16-11(22-18-8)7-19-12(20)14(2,17-13(19)21)9-3-5-10(15)6-4-9/h3-6H,7H2,1-2H3,(H,17,21). The summed E-state index contributed by atoms with van der Waals surface area (Å²) < 4.78 is 4.96. The quantitative estimate of drug-likeness (QED) is 0.874. The van der Waals surface area contributed by atoms with Gasteiger partial charge in [-0.05, 0) is 31.5 Å². The second-order valence-corrected chi connectivity index (χ2v) is 5.63. The molecule has 1 N–H and O–H groups in total. The minimum absolute atomic E-state index is 0.0608. The number of carbonyl (C=O) groups excluding carboxylic acids is 2. The summed E-state index contributed by atoms with van der Waals surface area (Å²) in [5, 5.41) is 6.90. The molecule has 1 saturated heterocycles. The lowest BCUT2D eigenvalue weighted by Gasteiger charge is -2.22. The van der Waals surface area contributed by atoms with Gasteiger partial charge >= 0.3 is 6.03 Å². The van der Waals surface area contributed by atoms with Crippen molar-refractivity contribution in [3.63, 3.8) is 0 Å². The number of nitrogens with zero attached hydrogens (tertiary/aromatic N) is 3. The molecule has 1 fully saturated rings. The molecule has 2 aromatic rings. The fourth-order valence-corrected chi connectivity index (χ4v) is 2.48. The topological polar surface area (TPSA) is 88.3 Å². The number of halogens is 1. The summed E-state index contributed by atoms with van der Waals surface area (Å²) in [5.74, 6) is 0.277. The van der Waals surface area contributed by atoms with E-state index < -0.39 is 11.6 Å². The van der Waals surface area contributed by atoms with Gasteiger partial charge in [0.1, 0.15) is 12.1 Å². The molecule has 0 aliphatic carbocycles. The van der Waals surface area contributed by atoms with E-state index >= 15 is 0 Å². The third-order valence-electron chi connectivity index (χ3n) is 3.56. The summed E-state index contributed by atoms with van der Waals surface area (Å²) in [4.78, 5) is 29.8. The number of urea groups is 1. The molecule has 1 aliphatic rings. The number of carbonyl (C=O) groups is 2. The first kappa shape index (κ1) is 14.5. The molecule has 0 bridgehead atoms. The lowest BCUT2D eigenvalue weighted by Crippen LogP contribution is -2.40. The molecule has 7 nitrogen and oxygen atoms in total. The van der Waals surface area contributed by atoms with Crippen LogP contribution in [0.15, 0.2) is 28.8 Å². The fraction of sp³-hybridized carbons (Fsp3) is 0.286. The summed E-state index contributed by atoms with van der Waals surface area (Å²) in [6.45, 7) is 3.25. The Hall–Kier alpha value is -2.41. The van der Waals surface area contributed by atoms with Crippen molar-refractivity contribution in [3.05, 3.63) is 46.6 Å². The molecule has 1 atom stereocenters.